The number of aromatic nitrogens is 2. The van der Waals surface area contributed by atoms with E-state index in [4.69, 9.17) is 35.8 Å². The molecule has 56 heavy (non-hydrogen) atoms. The molecule has 7 rings (SSSR count). The van der Waals surface area contributed by atoms with Crippen LogP contribution in [0.2, 0.25) is 0 Å². The van der Waals surface area contributed by atoms with Crippen LogP contribution in [-0.2, 0) is 53.7 Å². The molecule has 2 saturated heterocycles. The third-order valence-corrected chi connectivity index (χ3v) is 11.0. The van der Waals surface area contributed by atoms with Crippen LogP contribution < -0.4 is 16.0 Å². The molecule has 14 heteroatoms. The van der Waals surface area contributed by atoms with Crippen molar-refractivity contribution in [1.29, 1.82) is 0 Å². The fraction of sp³-hybridized carbons (Fsp3) is 0.548. The van der Waals surface area contributed by atoms with Crippen molar-refractivity contribution >= 4 is 28.9 Å². The summed E-state index contributed by atoms with van der Waals surface area (Å²) >= 11 is 0. The molecular weight excluding hydrogens is 718 g/mol. The third kappa shape index (κ3) is 8.61. The Morgan fingerprint density at radius 1 is 1.05 bits per heavy atom. The maximum atomic E-state index is 13.9. The van der Waals surface area contributed by atoms with Crippen molar-refractivity contribution in [3.05, 3.63) is 56.9 Å². The average molecular weight is 775 g/mol. The molecule has 1 unspecified atom stereocenters. The van der Waals surface area contributed by atoms with E-state index in [1.165, 1.54) is 25.7 Å². The van der Waals surface area contributed by atoms with Gasteiger partial charge in [-0.15, -0.1) is 12.8 Å². The molecule has 1 amide bonds. The SMILES string of the molecule is CCOCCOC.CCc1c2c(nc3ccc(OC(=O)N4CCC(N5CCCCC5)CC4)cc13)-c1cc3c(c(=O)n1C2)COC(=O)C3(CC)OC(=O)CN.[2H]C#C. The molecule has 4 aliphatic rings. The summed E-state index contributed by atoms with van der Waals surface area (Å²) in [5.41, 5.74) is 7.73. The van der Waals surface area contributed by atoms with Crippen molar-refractivity contribution in [1.82, 2.24) is 19.4 Å². The van der Waals surface area contributed by atoms with E-state index < -0.39 is 24.1 Å². The number of benzene rings is 1. The lowest BCUT2D eigenvalue weighted by molar-refractivity contribution is -0.188. The average Bonchev–Trinajstić information content (AvgIpc) is 3.60. The van der Waals surface area contributed by atoms with Crippen molar-refractivity contribution in [3.8, 4) is 30.0 Å². The van der Waals surface area contributed by atoms with Gasteiger partial charge in [-0.1, -0.05) is 20.3 Å². The molecule has 0 spiro atoms. The number of esters is 2. The fourth-order valence-corrected chi connectivity index (χ4v) is 8.15. The lowest BCUT2D eigenvalue weighted by Gasteiger charge is -2.39. The van der Waals surface area contributed by atoms with Crippen molar-refractivity contribution in [3.63, 3.8) is 0 Å². The Balaban J connectivity index is 0.000000555. The van der Waals surface area contributed by atoms with Crippen LogP contribution >= 0.6 is 0 Å². The van der Waals surface area contributed by atoms with Gasteiger partial charge in [-0.25, -0.2) is 14.6 Å². The van der Waals surface area contributed by atoms with E-state index in [0.29, 0.717) is 67.0 Å². The molecule has 1 atom stereocenters. The second-order valence-corrected chi connectivity index (χ2v) is 14.1. The maximum Gasteiger partial charge on any atom is 0.415 e. The third-order valence-electron chi connectivity index (χ3n) is 11.0. The second kappa shape index (κ2) is 19.4. The summed E-state index contributed by atoms with van der Waals surface area (Å²) in [6, 6.07) is 7.71. The van der Waals surface area contributed by atoms with Gasteiger partial charge in [-0.3, -0.25) is 9.59 Å². The molecule has 4 aliphatic heterocycles. The minimum atomic E-state index is -1.77. The summed E-state index contributed by atoms with van der Waals surface area (Å²) in [4.78, 5) is 61.8. The van der Waals surface area contributed by atoms with E-state index in [1.807, 2.05) is 26.0 Å². The molecule has 0 saturated carbocycles. The van der Waals surface area contributed by atoms with Gasteiger partial charge in [0.1, 0.15) is 13.7 Å². The molecule has 0 radical (unpaired) electrons. The Bertz CT molecular complexity index is 2010. The number of amides is 1. The van der Waals surface area contributed by atoms with Gasteiger partial charge >= 0.3 is 18.0 Å². The first-order valence-electron chi connectivity index (χ1n) is 20.1. The number of nitrogens with two attached hydrogens (primary N) is 1. The Morgan fingerprint density at radius 3 is 2.43 bits per heavy atom. The number of rotatable bonds is 10. The van der Waals surface area contributed by atoms with Crippen LogP contribution in [0, 0.1) is 12.8 Å². The highest BCUT2D eigenvalue weighted by Gasteiger charge is 2.50. The van der Waals surface area contributed by atoms with Crippen LogP contribution in [0.4, 0.5) is 4.79 Å². The number of nitrogens with zero attached hydrogens (tertiary/aromatic N) is 4. The normalized spacial score (nSPS) is 19.1. The lowest BCUT2D eigenvalue weighted by atomic mass is 9.85. The smallest absolute Gasteiger partial charge is 0.415 e. The Hall–Kier alpha value is -4.81. The molecular formula is C42H55N5O9. The lowest BCUT2D eigenvalue weighted by Crippen LogP contribution is -2.48. The van der Waals surface area contributed by atoms with Crippen molar-refractivity contribution in [2.24, 2.45) is 5.73 Å². The number of cyclic esters (lactones) is 1. The summed E-state index contributed by atoms with van der Waals surface area (Å²) in [5, 5.41) is 0.851. The predicted octanol–water partition coefficient (Wildman–Crippen LogP) is 4.52. The Morgan fingerprint density at radius 2 is 1.79 bits per heavy atom. The van der Waals surface area contributed by atoms with Crippen LogP contribution in [0.25, 0.3) is 22.3 Å². The van der Waals surface area contributed by atoms with E-state index in [1.54, 1.807) is 35.6 Å². The fourth-order valence-electron chi connectivity index (χ4n) is 8.15. The van der Waals surface area contributed by atoms with Crippen LogP contribution in [0.15, 0.2) is 29.1 Å². The van der Waals surface area contributed by atoms with E-state index >= 15 is 0 Å². The van der Waals surface area contributed by atoms with Gasteiger partial charge in [0.15, 0.2) is 0 Å². The Kier molecular flexibility index (Phi) is 14.1. The van der Waals surface area contributed by atoms with Crippen molar-refractivity contribution in [2.45, 2.75) is 90.5 Å². The first kappa shape index (κ1) is 40.8. The molecule has 2 fully saturated rings. The number of piperidine rings is 2. The molecule has 302 valence electrons. The molecule has 2 aromatic heterocycles. The van der Waals surface area contributed by atoms with Crippen molar-refractivity contribution < 1.29 is 39.4 Å². The first-order chi connectivity index (χ1) is 27.6. The number of aryl methyl sites for hydroxylation is 1. The summed E-state index contributed by atoms with van der Waals surface area (Å²) in [6.45, 7) is 11.2. The van der Waals surface area contributed by atoms with E-state index in [-0.39, 0.29) is 36.8 Å². The van der Waals surface area contributed by atoms with Gasteiger partial charge in [-0.05, 0) is 88.4 Å². The summed E-state index contributed by atoms with van der Waals surface area (Å²) < 4.78 is 33.9. The van der Waals surface area contributed by atoms with Gasteiger partial charge in [0.2, 0.25) is 5.60 Å². The zero-order chi connectivity index (χ0) is 41.1. The molecule has 14 nitrogen and oxygen atoms in total. The summed E-state index contributed by atoms with van der Waals surface area (Å²) in [6.07, 6.45) is 11.9. The topological polar surface area (TPSA) is 165 Å². The quantitative estimate of drug-likeness (QED) is 0.136. The number of carbonyl (C=O) groups is 3. The van der Waals surface area contributed by atoms with E-state index in [2.05, 4.69) is 11.3 Å². The molecule has 0 bridgehead atoms. The second-order valence-electron chi connectivity index (χ2n) is 14.1. The number of ether oxygens (including phenoxy) is 5. The largest absolute Gasteiger partial charge is 0.457 e. The minimum absolute atomic E-state index is 0.0730. The van der Waals surface area contributed by atoms with Crippen LogP contribution in [0.1, 0.15) is 82.9 Å². The summed E-state index contributed by atoms with van der Waals surface area (Å²) in [7, 11) is 1.67. The van der Waals surface area contributed by atoms with Crippen LogP contribution in [0.3, 0.4) is 0 Å². The zero-order valence-corrected chi connectivity index (χ0v) is 33.0. The van der Waals surface area contributed by atoms with Gasteiger partial charge in [-0.2, -0.15) is 0 Å². The summed E-state index contributed by atoms with van der Waals surface area (Å²) in [5.74, 6) is -1.05. The van der Waals surface area contributed by atoms with E-state index in [9.17, 15) is 19.2 Å². The maximum absolute atomic E-state index is 13.9. The highest BCUT2D eigenvalue weighted by atomic mass is 16.6. The number of hydrogen-bond acceptors (Lipinski definition) is 12. The minimum Gasteiger partial charge on any atom is -0.457 e. The number of methoxy groups -OCH3 is 1. The van der Waals surface area contributed by atoms with Gasteiger partial charge in [0.05, 0.1) is 48.8 Å². The van der Waals surface area contributed by atoms with Gasteiger partial charge < -0.3 is 43.8 Å². The van der Waals surface area contributed by atoms with Gasteiger partial charge in [0, 0.05) is 49.4 Å². The van der Waals surface area contributed by atoms with Gasteiger partial charge in [0.25, 0.3) is 5.56 Å². The number of pyridine rings is 2. The molecule has 2 N–H and O–H groups in total. The van der Waals surface area contributed by atoms with E-state index in [0.717, 1.165) is 49.1 Å². The number of terminal acetylenes is 1. The molecule has 3 aromatic rings. The highest BCUT2D eigenvalue weighted by Crippen LogP contribution is 2.42. The molecule has 6 heterocycles. The predicted molar refractivity (Wildman–Crippen MR) is 211 cm³/mol. The first-order valence-corrected chi connectivity index (χ1v) is 19.6. The number of hydrogen-bond donors (Lipinski definition) is 1. The van der Waals surface area contributed by atoms with Crippen molar-refractivity contribution in [2.75, 3.05) is 59.7 Å². The van der Waals surface area contributed by atoms with Crippen LogP contribution in [0.5, 0.6) is 5.75 Å². The standard InChI is InChI=1S/C35H41N5O7.C5H12O2.C2H2/c1-3-23-24-16-22(46-34(44)39-14-10-21(11-15-39)38-12-6-5-7-13-38)8-9-28(24)37-31-25(23)19-40-29(31)17-27-26(32(40)42)20-45-33(43)35(27,4-2)47-30(41)18-36;1-3-7-5-4-6-2;1-2/h8-9,16-17,21H,3-7,10-15,18-20,36H2,1-2H3;3-5H2,1-2H3;1-2H/i;;1D. The van der Waals surface area contributed by atoms with Crippen LogP contribution in [-0.4, -0.2) is 103 Å². The highest BCUT2D eigenvalue weighted by molar-refractivity contribution is 5.91. The molecule has 0 aliphatic carbocycles. The number of carbonyl (C=O) groups excluding carboxylic acids is 3. The number of likely N-dealkylation sites (tertiary alicyclic amines) is 2. The monoisotopic (exact) mass is 774 g/mol. The Labute approximate surface area is 330 Å². The molecule has 1 aromatic carbocycles. The zero-order valence-electron chi connectivity index (χ0n) is 34.0. The number of fused-ring (bicyclic) bond motifs is 5.